The van der Waals surface area contributed by atoms with E-state index in [1.54, 1.807) is 6.07 Å². The van der Waals surface area contributed by atoms with Crippen LogP contribution in [0.3, 0.4) is 0 Å². The Bertz CT molecular complexity index is 721. The quantitative estimate of drug-likeness (QED) is 0.693. The van der Waals surface area contributed by atoms with E-state index >= 15 is 0 Å². The molecule has 3 rings (SSSR count). The van der Waals surface area contributed by atoms with Crippen LogP contribution >= 0.6 is 0 Å². The number of hydrogen-bond acceptors (Lipinski definition) is 4. The van der Waals surface area contributed by atoms with Gasteiger partial charge in [0.25, 0.3) is 6.01 Å². The number of fused-ring (bicyclic) bond motifs is 1. The lowest BCUT2D eigenvalue weighted by molar-refractivity contribution is 0.606. The zero-order chi connectivity index (χ0) is 14.7. The Kier molecular flexibility index (Phi) is 3.77. The second-order valence-corrected chi connectivity index (χ2v) is 5.27. The Morgan fingerprint density at radius 2 is 2.00 bits per heavy atom. The van der Waals surface area contributed by atoms with E-state index in [0.29, 0.717) is 23.2 Å². The summed E-state index contributed by atoms with van der Waals surface area (Å²) in [5.74, 6) is 0.499. The number of hydrogen-bond donors (Lipinski definition) is 2. The predicted molar refractivity (Wildman–Crippen MR) is 86.4 cm³/mol. The molecule has 1 aromatic heterocycles. The molecule has 0 fully saturated rings. The third kappa shape index (κ3) is 3.16. The number of nitrogen functional groups attached to an aromatic ring is 1. The summed E-state index contributed by atoms with van der Waals surface area (Å²) in [6.45, 7) is 3.04. The second-order valence-electron chi connectivity index (χ2n) is 5.27. The van der Waals surface area contributed by atoms with Crippen molar-refractivity contribution in [3.8, 4) is 0 Å². The number of nitrogens with two attached hydrogens (primary N) is 1. The Balaban J connectivity index is 1.59. The number of oxazole rings is 1. The van der Waals surface area contributed by atoms with Gasteiger partial charge in [0.05, 0.1) is 0 Å². The third-order valence-corrected chi connectivity index (χ3v) is 3.63. The lowest BCUT2D eigenvalue weighted by Gasteiger charge is -2.11. The molecule has 0 bridgehead atoms. The minimum absolute atomic E-state index is 0.499. The van der Waals surface area contributed by atoms with Gasteiger partial charge in [-0.1, -0.05) is 37.3 Å². The van der Waals surface area contributed by atoms with Crippen LogP contribution in [0.1, 0.15) is 24.8 Å². The molecule has 0 aliphatic heterocycles. The molecule has 1 atom stereocenters. The first-order chi connectivity index (χ1) is 10.2. The molecule has 0 spiro atoms. The van der Waals surface area contributed by atoms with Gasteiger partial charge < -0.3 is 15.5 Å². The topological polar surface area (TPSA) is 64.1 Å². The SMILES string of the molecule is CC(CCNc1nc2ccc(N)cc2o1)c1ccccc1. The summed E-state index contributed by atoms with van der Waals surface area (Å²) in [5.41, 5.74) is 9.30. The van der Waals surface area contributed by atoms with Crippen LogP contribution in [0.5, 0.6) is 0 Å². The van der Waals surface area contributed by atoms with Crippen molar-refractivity contribution in [1.82, 2.24) is 4.98 Å². The molecule has 4 heteroatoms. The number of aromatic nitrogens is 1. The van der Waals surface area contributed by atoms with Crippen molar-refractivity contribution in [2.45, 2.75) is 19.3 Å². The van der Waals surface area contributed by atoms with Gasteiger partial charge in [-0.2, -0.15) is 4.98 Å². The van der Waals surface area contributed by atoms with Gasteiger partial charge in [0.2, 0.25) is 0 Å². The average Bonchev–Trinajstić information content (AvgIpc) is 2.89. The van der Waals surface area contributed by atoms with E-state index in [2.05, 4.69) is 41.5 Å². The number of nitrogens with zero attached hydrogens (tertiary/aromatic N) is 1. The Morgan fingerprint density at radius 1 is 1.19 bits per heavy atom. The fourth-order valence-electron chi connectivity index (χ4n) is 2.36. The molecule has 108 valence electrons. The molecule has 1 heterocycles. The Morgan fingerprint density at radius 3 is 2.81 bits per heavy atom. The summed E-state index contributed by atoms with van der Waals surface area (Å²) in [7, 11) is 0. The number of benzene rings is 2. The number of nitrogens with one attached hydrogen (secondary N) is 1. The summed E-state index contributed by atoms with van der Waals surface area (Å²) >= 11 is 0. The van der Waals surface area contributed by atoms with Gasteiger partial charge in [-0.15, -0.1) is 0 Å². The molecule has 0 aliphatic rings. The molecule has 0 saturated heterocycles. The van der Waals surface area contributed by atoms with Crippen molar-refractivity contribution in [2.75, 3.05) is 17.6 Å². The minimum Gasteiger partial charge on any atom is -0.423 e. The molecule has 3 N–H and O–H groups in total. The van der Waals surface area contributed by atoms with E-state index in [1.807, 2.05) is 18.2 Å². The van der Waals surface area contributed by atoms with Gasteiger partial charge in [0.15, 0.2) is 5.58 Å². The number of rotatable bonds is 5. The van der Waals surface area contributed by atoms with Gasteiger partial charge >= 0.3 is 0 Å². The zero-order valence-corrected chi connectivity index (χ0v) is 12.0. The fraction of sp³-hybridized carbons (Fsp3) is 0.235. The van der Waals surface area contributed by atoms with E-state index in [0.717, 1.165) is 18.5 Å². The number of anilines is 2. The first-order valence-electron chi connectivity index (χ1n) is 7.17. The molecular formula is C17H19N3O. The molecule has 0 saturated carbocycles. The van der Waals surface area contributed by atoms with Gasteiger partial charge in [-0.25, -0.2) is 0 Å². The highest BCUT2D eigenvalue weighted by atomic mass is 16.4. The van der Waals surface area contributed by atoms with Gasteiger partial charge in [-0.05, 0) is 30.0 Å². The van der Waals surface area contributed by atoms with Gasteiger partial charge in [0.1, 0.15) is 5.52 Å². The highest BCUT2D eigenvalue weighted by Crippen LogP contribution is 2.22. The zero-order valence-electron chi connectivity index (χ0n) is 12.0. The van der Waals surface area contributed by atoms with E-state index in [9.17, 15) is 0 Å². The van der Waals surface area contributed by atoms with Gasteiger partial charge in [0, 0.05) is 18.3 Å². The predicted octanol–water partition coefficient (Wildman–Crippen LogP) is 4.02. The summed E-state index contributed by atoms with van der Waals surface area (Å²) in [5, 5.41) is 3.24. The van der Waals surface area contributed by atoms with Crippen LogP contribution in [-0.2, 0) is 0 Å². The summed E-state index contributed by atoms with van der Waals surface area (Å²) in [6, 6.07) is 16.5. The van der Waals surface area contributed by atoms with Crippen LogP contribution in [0.4, 0.5) is 11.7 Å². The van der Waals surface area contributed by atoms with Crippen molar-refractivity contribution in [2.24, 2.45) is 0 Å². The second kappa shape index (κ2) is 5.87. The summed E-state index contributed by atoms with van der Waals surface area (Å²) < 4.78 is 5.63. The summed E-state index contributed by atoms with van der Waals surface area (Å²) in [6.07, 6.45) is 1.02. The average molecular weight is 281 g/mol. The van der Waals surface area contributed by atoms with Crippen LogP contribution in [0.15, 0.2) is 52.9 Å². The molecule has 0 aliphatic carbocycles. The lowest BCUT2D eigenvalue weighted by atomic mass is 9.98. The molecule has 21 heavy (non-hydrogen) atoms. The van der Waals surface area contributed by atoms with Crippen molar-refractivity contribution in [3.63, 3.8) is 0 Å². The molecule has 1 unspecified atom stereocenters. The van der Waals surface area contributed by atoms with Crippen molar-refractivity contribution in [3.05, 3.63) is 54.1 Å². The van der Waals surface area contributed by atoms with Crippen molar-refractivity contribution < 1.29 is 4.42 Å². The van der Waals surface area contributed by atoms with Gasteiger partial charge in [-0.3, -0.25) is 0 Å². The van der Waals surface area contributed by atoms with Crippen LogP contribution in [-0.4, -0.2) is 11.5 Å². The maximum Gasteiger partial charge on any atom is 0.295 e. The first kappa shape index (κ1) is 13.5. The highest BCUT2D eigenvalue weighted by molar-refractivity contribution is 5.78. The molecule has 2 aromatic carbocycles. The maximum atomic E-state index is 5.73. The van der Waals surface area contributed by atoms with Crippen LogP contribution < -0.4 is 11.1 Å². The van der Waals surface area contributed by atoms with E-state index < -0.39 is 0 Å². The fourth-order valence-corrected chi connectivity index (χ4v) is 2.36. The van der Waals surface area contributed by atoms with E-state index in [4.69, 9.17) is 10.2 Å². The van der Waals surface area contributed by atoms with Crippen molar-refractivity contribution in [1.29, 1.82) is 0 Å². The molecule has 4 nitrogen and oxygen atoms in total. The van der Waals surface area contributed by atoms with Crippen LogP contribution in [0.25, 0.3) is 11.1 Å². The monoisotopic (exact) mass is 281 g/mol. The highest BCUT2D eigenvalue weighted by Gasteiger charge is 2.07. The Labute approximate surface area is 124 Å². The van der Waals surface area contributed by atoms with Crippen LogP contribution in [0.2, 0.25) is 0 Å². The Hall–Kier alpha value is -2.49. The van der Waals surface area contributed by atoms with Crippen LogP contribution in [0, 0.1) is 0 Å². The molecular weight excluding hydrogens is 262 g/mol. The molecule has 0 amide bonds. The smallest absolute Gasteiger partial charge is 0.295 e. The van der Waals surface area contributed by atoms with E-state index in [-0.39, 0.29) is 0 Å². The molecule has 3 aromatic rings. The summed E-state index contributed by atoms with van der Waals surface area (Å²) in [4.78, 5) is 4.39. The first-order valence-corrected chi connectivity index (χ1v) is 7.17. The molecule has 0 radical (unpaired) electrons. The minimum atomic E-state index is 0.499. The standard InChI is InChI=1S/C17H19N3O/c1-12(13-5-3-2-4-6-13)9-10-19-17-20-15-8-7-14(18)11-16(15)21-17/h2-8,11-12H,9-10,18H2,1H3,(H,19,20). The van der Waals surface area contributed by atoms with E-state index in [1.165, 1.54) is 5.56 Å². The van der Waals surface area contributed by atoms with Crippen molar-refractivity contribution >= 4 is 22.8 Å². The maximum absolute atomic E-state index is 5.73. The third-order valence-electron chi connectivity index (χ3n) is 3.63. The largest absolute Gasteiger partial charge is 0.423 e. The lowest BCUT2D eigenvalue weighted by Crippen LogP contribution is -2.06. The normalized spacial score (nSPS) is 12.4.